The summed E-state index contributed by atoms with van der Waals surface area (Å²) in [7, 11) is 1.47. The number of carbonyl (C=O) groups is 1. The molecule has 0 radical (unpaired) electrons. The van der Waals surface area contributed by atoms with Gasteiger partial charge >= 0.3 is 5.97 Å². The van der Waals surface area contributed by atoms with Crippen molar-refractivity contribution in [2.75, 3.05) is 7.11 Å². The molecular weight excluding hydrogens is 280 g/mol. The van der Waals surface area contributed by atoms with Crippen molar-refractivity contribution < 1.29 is 14.3 Å². The summed E-state index contributed by atoms with van der Waals surface area (Å²) in [5.41, 5.74) is 2.01. The van der Waals surface area contributed by atoms with Gasteiger partial charge in [-0.1, -0.05) is 13.3 Å². The van der Waals surface area contributed by atoms with Crippen LogP contribution in [0.4, 0.5) is 0 Å². The number of esters is 1. The zero-order chi connectivity index (χ0) is 15.9. The van der Waals surface area contributed by atoms with Gasteiger partial charge in [-0.25, -0.2) is 14.8 Å². The predicted molar refractivity (Wildman–Crippen MR) is 83.6 cm³/mol. The van der Waals surface area contributed by atoms with E-state index in [4.69, 9.17) is 9.47 Å². The SMILES string of the molecule is CCCc1cnc(-c2ccc(OC(=O)C(C)OC)cc2)nc1. The number of ether oxygens (including phenoxy) is 2. The summed E-state index contributed by atoms with van der Waals surface area (Å²) in [5.74, 6) is 0.707. The largest absolute Gasteiger partial charge is 0.425 e. The molecule has 5 heteroatoms. The van der Waals surface area contributed by atoms with Crippen LogP contribution in [0, 0.1) is 0 Å². The molecule has 0 saturated carbocycles. The molecule has 1 aromatic heterocycles. The Morgan fingerprint density at radius 2 is 1.82 bits per heavy atom. The maximum atomic E-state index is 11.6. The van der Waals surface area contributed by atoms with Crippen LogP contribution >= 0.6 is 0 Å². The first-order chi connectivity index (χ1) is 10.6. The van der Waals surface area contributed by atoms with Gasteiger partial charge in [0, 0.05) is 25.1 Å². The van der Waals surface area contributed by atoms with E-state index in [-0.39, 0.29) is 0 Å². The number of carbonyl (C=O) groups excluding carboxylic acids is 1. The highest BCUT2D eigenvalue weighted by atomic mass is 16.6. The average Bonchev–Trinajstić information content (AvgIpc) is 2.56. The molecule has 0 spiro atoms. The van der Waals surface area contributed by atoms with E-state index in [1.54, 1.807) is 19.1 Å². The molecule has 0 aliphatic heterocycles. The summed E-state index contributed by atoms with van der Waals surface area (Å²) in [6, 6.07) is 7.10. The molecule has 0 bridgehead atoms. The molecule has 0 fully saturated rings. The van der Waals surface area contributed by atoms with E-state index < -0.39 is 12.1 Å². The van der Waals surface area contributed by atoms with E-state index in [1.807, 2.05) is 24.5 Å². The summed E-state index contributed by atoms with van der Waals surface area (Å²) in [5, 5.41) is 0. The Bertz CT molecular complexity index is 609. The maximum Gasteiger partial charge on any atom is 0.340 e. The van der Waals surface area contributed by atoms with Crippen LogP contribution in [0.5, 0.6) is 5.75 Å². The molecule has 1 aromatic carbocycles. The van der Waals surface area contributed by atoms with Crippen LogP contribution in [0.2, 0.25) is 0 Å². The molecular formula is C17H20N2O3. The topological polar surface area (TPSA) is 61.3 Å². The van der Waals surface area contributed by atoms with Crippen molar-refractivity contribution in [3.05, 3.63) is 42.2 Å². The zero-order valence-corrected chi connectivity index (χ0v) is 13.1. The Kier molecular flexibility index (Phi) is 5.61. The first kappa shape index (κ1) is 16.1. The molecule has 2 aromatic rings. The first-order valence-electron chi connectivity index (χ1n) is 7.30. The summed E-state index contributed by atoms with van der Waals surface area (Å²) >= 11 is 0. The number of rotatable bonds is 6. The molecule has 0 N–H and O–H groups in total. The van der Waals surface area contributed by atoms with Crippen molar-refractivity contribution in [1.29, 1.82) is 0 Å². The highest BCUT2D eigenvalue weighted by Gasteiger charge is 2.14. The Balaban J connectivity index is 2.06. The number of hydrogen-bond acceptors (Lipinski definition) is 5. The minimum atomic E-state index is -0.589. The van der Waals surface area contributed by atoms with Crippen LogP contribution in [0.15, 0.2) is 36.7 Å². The third kappa shape index (κ3) is 4.11. The van der Waals surface area contributed by atoms with E-state index in [0.717, 1.165) is 24.0 Å². The predicted octanol–water partition coefficient (Wildman–Crippen LogP) is 3.04. The van der Waals surface area contributed by atoms with Gasteiger partial charge in [-0.05, 0) is 43.2 Å². The highest BCUT2D eigenvalue weighted by molar-refractivity contribution is 5.77. The summed E-state index contributed by atoms with van der Waals surface area (Å²) in [4.78, 5) is 20.3. The Labute approximate surface area is 130 Å². The minimum Gasteiger partial charge on any atom is -0.425 e. The van der Waals surface area contributed by atoms with Gasteiger partial charge in [-0.15, -0.1) is 0 Å². The second-order valence-corrected chi connectivity index (χ2v) is 4.99. The Hall–Kier alpha value is -2.27. The quantitative estimate of drug-likeness (QED) is 0.606. The van der Waals surface area contributed by atoms with Gasteiger partial charge in [0.05, 0.1) is 0 Å². The molecule has 1 heterocycles. The number of hydrogen-bond donors (Lipinski definition) is 0. The molecule has 22 heavy (non-hydrogen) atoms. The molecule has 2 rings (SSSR count). The van der Waals surface area contributed by atoms with E-state index in [1.165, 1.54) is 7.11 Å². The van der Waals surface area contributed by atoms with Gasteiger partial charge in [-0.3, -0.25) is 0 Å². The molecule has 0 aliphatic rings. The van der Waals surface area contributed by atoms with Crippen molar-refractivity contribution in [3.63, 3.8) is 0 Å². The Morgan fingerprint density at radius 3 is 2.36 bits per heavy atom. The summed E-state index contributed by atoms with van der Waals surface area (Å²) in [6.45, 7) is 3.76. The molecule has 0 saturated heterocycles. The van der Waals surface area contributed by atoms with Crippen LogP contribution in [-0.4, -0.2) is 29.2 Å². The highest BCUT2D eigenvalue weighted by Crippen LogP contribution is 2.19. The zero-order valence-electron chi connectivity index (χ0n) is 13.1. The van der Waals surface area contributed by atoms with Gasteiger partial charge < -0.3 is 9.47 Å². The van der Waals surface area contributed by atoms with Crippen LogP contribution in [0.25, 0.3) is 11.4 Å². The monoisotopic (exact) mass is 300 g/mol. The number of methoxy groups -OCH3 is 1. The van der Waals surface area contributed by atoms with Crippen LogP contribution in [0.3, 0.4) is 0 Å². The second-order valence-electron chi connectivity index (χ2n) is 4.99. The summed E-state index contributed by atoms with van der Waals surface area (Å²) < 4.78 is 10.1. The van der Waals surface area contributed by atoms with Gasteiger partial charge in [0.15, 0.2) is 11.9 Å². The maximum absolute atomic E-state index is 11.6. The van der Waals surface area contributed by atoms with Crippen molar-refractivity contribution in [3.8, 4) is 17.1 Å². The lowest BCUT2D eigenvalue weighted by Gasteiger charge is -2.09. The lowest BCUT2D eigenvalue weighted by Crippen LogP contribution is -2.24. The van der Waals surface area contributed by atoms with Crippen LogP contribution in [0.1, 0.15) is 25.8 Å². The third-order valence-corrected chi connectivity index (χ3v) is 3.26. The van der Waals surface area contributed by atoms with Crippen LogP contribution < -0.4 is 4.74 Å². The van der Waals surface area contributed by atoms with Gasteiger partial charge in [-0.2, -0.15) is 0 Å². The first-order valence-corrected chi connectivity index (χ1v) is 7.30. The molecule has 0 aliphatic carbocycles. The van der Waals surface area contributed by atoms with Gasteiger partial charge in [0.1, 0.15) is 5.75 Å². The minimum absolute atomic E-state index is 0.421. The van der Waals surface area contributed by atoms with E-state index >= 15 is 0 Å². The lowest BCUT2D eigenvalue weighted by molar-refractivity contribution is -0.144. The molecule has 1 unspecified atom stereocenters. The molecule has 5 nitrogen and oxygen atoms in total. The Morgan fingerprint density at radius 1 is 1.18 bits per heavy atom. The average molecular weight is 300 g/mol. The number of aromatic nitrogens is 2. The lowest BCUT2D eigenvalue weighted by atomic mass is 10.2. The standard InChI is InChI=1S/C17H20N2O3/c1-4-5-13-10-18-16(19-11-13)14-6-8-15(9-7-14)22-17(20)12(2)21-3/h6-12H,4-5H2,1-3H3. The van der Waals surface area contributed by atoms with Crippen molar-refractivity contribution in [2.45, 2.75) is 32.8 Å². The number of nitrogens with zero attached hydrogens (tertiary/aromatic N) is 2. The number of benzene rings is 1. The van der Waals surface area contributed by atoms with E-state index in [0.29, 0.717) is 11.6 Å². The van der Waals surface area contributed by atoms with E-state index in [2.05, 4.69) is 16.9 Å². The number of aryl methyl sites for hydroxylation is 1. The van der Waals surface area contributed by atoms with Crippen LogP contribution in [-0.2, 0) is 16.0 Å². The van der Waals surface area contributed by atoms with E-state index in [9.17, 15) is 4.79 Å². The third-order valence-electron chi connectivity index (χ3n) is 3.26. The fourth-order valence-electron chi connectivity index (χ4n) is 1.89. The summed E-state index contributed by atoms with van der Waals surface area (Å²) in [6.07, 6.45) is 5.16. The molecule has 116 valence electrons. The molecule has 1 atom stereocenters. The fraction of sp³-hybridized carbons (Fsp3) is 0.353. The van der Waals surface area contributed by atoms with Crippen molar-refractivity contribution in [2.24, 2.45) is 0 Å². The van der Waals surface area contributed by atoms with Gasteiger partial charge in [0.25, 0.3) is 0 Å². The molecule has 0 amide bonds. The van der Waals surface area contributed by atoms with Crippen molar-refractivity contribution >= 4 is 5.97 Å². The second kappa shape index (κ2) is 7.66. The van der Waals surface area contributed by atoms with Crippen molar-refractivity contribution in [1.82, 2.24) is 9.97 Å². The normalized spacial score (nSPS) is 12.0. The fourth-order valence-corrected chi connectivity index (χ4v) is 1.89. The van der Waals surface area contributed by atoms with Gasteiger partial charge in [0.2, 0.25) is 0 Å². The smallest absolute Gasteiger partial charge is 0.340 e.